The molecule has 0 radical (unpaired) electrons. The molecule has 0 bridgehead atoms. The van der Waals surface area contributed by atoms with Crippen molar-refractivity contribution in [2.75, 3.05) is 18.0 Å². The first kappa shape index (κ1) is 13.3. The fraction of sp³-hybridized carbons (Fsp3) is 0.417. The van der Waals surface area contributed by atoms with Gasteiger partial charge in [0.25, 0.3) is 5.69 Å². The minimum absolute atomic E-state index is 0.00732. The third-order valence-electron chi connectivity index (χ3n) is 3.08. The third-order valence-corrected chi connectivity index (χ3v) is 3.08. The van der Waals surface area contributed by atoms with Crippen LogP contribution in [-0.4, -0.2) is 30.0 Å². The molecule has 102 valence electrons. The molecule has 1 unspecified atom stereocenters. The van der Waals surface area contributed by atoms with Gasteiger partial charge in [0.1, 0.15) is 0 Å². The smallest absolute Gasteiger partial charge is 0.272 e. The number of rotatable bonds is 3. The van der Waals surface area contributed by atoms with Crippen LogP contribution in [0.5, 0.6) is 0 Å². The standard InChI is InChI=1S/C12H14FN3O3/c1-8(17)14-9-4-5-15(7-9)12-3-2-10(16(18)19)6-11(12)13/h2-3,6,9H,4-5,7H2,1H3,(H,14,17). The highest BCUT2D eigenvalue weighted by Gasteiger charge is 2.25. The molecule has 1 saturated heterocycles. The molecule has 6 nitrogen and oxygen atoms in total. The molecule has 7 heteroatoms. The van der Waals surface area contributed by atoms with Crippen LogP contribution in [0.15, 0.2) is 18.2 Å². The monoisotopic (exact) mass is 267 g/mol. The van der Waals surface area contributed by atoms with E-state index in [4.69, 9.17) is 0 Å². The molecule has 1 aromatic carbocycles. The fourth-order valence-corrected chi connectivity index (χ4v) is 2.25. The predicted molar refractivity (Wildman–Crippen MR) is 67.5 cm³/mol. The summed E-state index contributed by atoms with van der Waals surface area (Å²) in [5, 5.41) is 13.3. The van der Waals surface area contributed by atoms with Crippen LogP contribution in [0.1, 0.15) is 13.3 Å². The van der Waals surface area contributed by atoms with Crippen molar-refractivity contribution in [1.29, 1.82) is 0 Å². The second kappa shape index (κ2) is 5.21. The maximum Gasteiger partial charge on any atom is 0.272 e. The number of amides is 1. The minimum Gasteiger partial charge on any atom is -0.367 e. The largest absolute Gasteiger partial charge is 0.367 e. The molecule has 1 aliphatic rings. The van der Waals surface area contributed by atoms with E-state index in [-0.39, 0.29) is 17.6 Å². The van der Waals surface area contributed by atoms with Crippen LogP contribution in [0, 0.1) is 15.9 Å². The van der Waals surface area contributed by atoms with Gasteiger partial charge in [-0.3, -0.25) is 14.9 Å². The Kier molecular flexibility index (Phi) is 3.64. The molecule has 0 aromatic heterocycles. The van der Waals surface area contributed by atoms with Crippen LogP contribution in [0.25, 0.3) is 0 Å². The number of halogens is 1. The molecular formula is C12H14FN3O3. The van der Waals surface area contributed by atoms with Crippen molar-refractivity contribution in [3.05, 3.63) is 34.1 Å². The lowest BCUT2D eigenvalue weighted by Gasteiger charge is -2.19. The quantitative estimate of drug-likeness (QED) is 0.664. The molecule has 1 N–H and O–H groups in total. The van der Waals surface area contributed by atoms with E-state index in [0.717, 1.165) is 12.5 Å². The molecule has 0 saturated carbocycles. The van der Waals surface area contributed by atoms with Crippen molar-refractivity contribution >= 4 is 17.3 Å². The Balaban J connectivity index is 2.11. The Bertz CT molecular complexity index is 521. The second-order valence-corrected chi connectivity index (χ2v) is 4.52. The zero-order valence-electron chi connectivity index (χ0n) is 10.4. The van der Waals surface area contributed by atoms with Gasteiger partial charge in [0.2, 0.25) is 5.91 Å². The summed E-state index contributed by atoms with van der Waals surface area (Å²) in [5.74, 6) is -0.728. The van der Waals surface area contributed by atoms with Gasteiger partial charge in [-0.2, -0.15) is 0 Å². The van der Waals surface area contributed by atoms with E-state index in [9.17, 15) is 19.3 Å². The SMILES string of the molecule is CC(=O)NC1CCN(c2ccc([N+](=O)[O-])cc2F)C1. The zero-order valence-corrected chi connectivity index (χ0v) is 10.4. The van der Waals surface area contributed by atoms with Gasteiger partial charge in [-0.05, 0) is 12.5 Å². The molecule has 1 amide bonds. The van der Waals surface area contributed by atoms with E-state index in [1.54, 1.807) is 4.90 Å². The molecule has 2 rings (SSSR count). The Morgan fingerprint density at radius 1 is 1.58 bits per heavy atom. The molecule has 1 aromatic rings. The van der Waals surface area contributed by atoms with E-state index in [1.807, 2.05) is 0 Å². The molecule has 1 atom stereocenters. The van der Waals surface area contributed by atoms with Gasteiger partial charge >= 0.3 is 0 Å². The first-order chi connectivity index (χ1) is 8.97. The van der Waals surface area contributed by atoms with Gasteiger partial charge in [-0.25, -0.2) is 4.39 Å². The van der Waals surface area contributed by atoms with Crippen molar-refractivity contribution in [3.63, 3.8) is 0 Å². The van der Waals surface area contributed by atoms with Crippen molar-refractivity contribution in [3.8, 4) is 0 Å². The summed E-state index contributed by atoms with van der Waals surface area (Å²) in [4.78, 5) is 22.6. The summed E-state index contributed by atoms with van der Waals surface area (Å²) in [6, 6.07) is 3.60. The summed E-state index contributed by atoms with van der Waals surface area (Å²) < 4.78 is 13.8. The Morgan fingerprint density at radius 2 is 2.32 bits per heavy atom. The number of nitro benzene ring substituents is 1. The van der Waals surface area contributed by atoms with E-state index in [0.29, 0.717) is 18.8 Å². The van der Waals surface area contributed by atoms with E-state index in [1.165, 1.54) is 19.1 Å². The van der Waals surface area contributed by atoms with Crippen LogP contribution < -0.4 is 10.2 Å². The minimum atomic E-state index is -0.628. The van der Waals surface area contributed by atoms with Gasteiger partial charge in [0.15, 0.2) is 5.82 Å². The molecule has 1 fully saturated rings. The number of nitro groups is 1. The summed E-state index contributed by atoms with van der Waals surface area (Å²) in [6.45, 7) is 2.56. The van der Waals surface area contributed by atoms with Crippen molar-refractivity contribution in [2.24, 2.45) is 0 Å². The number of carbonyl (C=O) groups excluding carboxylic acids is 1. The van der Waals surface area contributed by atoms with Crippen LogP contribution in [0.2, 0.25) is 0 Å². The van der Waals surface area contributed by atoms with E-state index >= 15 is 0 Å². The Labute approximate surface area is 109 Å². The van der Waals surface area contributed by atoms with E-state index in [2.05, 4.69) is 5.32 Å². The summed E-state index contributed by atoms with van der Waals surface area (Å²) in [6.07, 6.45) is 0.732. The molecular weight excluding hydrogens is 253 g/mol. The summed E-state index contributed by atoms with van der Waals surface area (Å²) >= 11 is 0. The lowest BCUT2D eigenvalue weighted by Crippen LogP contribution is -2.35. The van der Waals surface area contributed by atoms with Gasteiger partial charge in [-0.15, -0.1) is 0 Å². The molecule has 0 aliphatic carbocycles. The van der Waals surface area contributed by atoms with Crippen molar-refractivity contribution < 1.29 is 14.1 Å². The fourth-order valence-electron chi connectivity index (χ4n) is 2.25. The Morgan fingerprint density at radius 3 is 2.89 bits per heavy atom. The maximum absolute atomic E-state index is 13.8. The van der Waals surface area contributed by atoms with Crippen LogP contribution >= 0.6 is 0 Å². The van der Waals surface area contributed by atoms with Crippen LogP contribution in [0.3, 0.4) is 0 Å². The topological polar surface area (TPSA) is 75.5 Å². The van der Waals surface area contributed by atoms with Crippen LogP contribution in [-0.2, 0) is 4.79 Å². The number of nitrogens with zero attached hydrogens (tertiary/aromatic N) is 2. The van der Waals surface area contributed by atoms with Gasteiger partial charge < -0.3 is 10.2 Å². The normalized spacial score (nSPS) is 18.4. The zero-order chi connectivity index (χ0) is 14.0. The maximum atomic E-state index is 13.8. The molecule has 0 spiro atoms. The first-order valence-electron chi connectivity index (χ1n) is 5.93. The number of non-ortho nitro benzene ring substituents is 1. The average Bonchev–Trinajstić information content (AvgIpc) is 2.76. The predicted octanol–water partition coefficient (Wildman–Crippen LogP) is 1.45. The summed E-state index contributed by atoms with van der Waals surface area (Å²) in [7, 11) is 0. The van der Waals surface area contributed by atoms with E-state index < -0.39 is 10.7 Å². The Hall–Kier alpha value is -2.18. The average molecular weight is 267 g/mol. The van der Waals surface area contributed by atoms with Gasteiger partial charge in [0.05, 0.1) is 16.7 Å². The van der Waals surface area contributed by atoms with Crippen molar-refractivity contribution in [2.45, 2.75) is 19.4 Å². The molecule has 1 aliphatic heterocycles. The number of nitrogens with one attached hydrogen (secondary N) is 1. The number of carbonyl (C=O) groups is 1. The lowest BCUT2D eigenvalue weighted by molar-refractivity contribution is -0.385. The second-order valence-electron chi connectivity index (χ2n) is 4.52. The highest BCUT2D eigenvalue weighted by atomic mass is 19.1. The highest BCUT2D eigenvalue weighted by molar-refractivity contribution is 5.73. The van der Waals surface area contributed by atoms with Crippen molar-refractivity contribution in [1.82, 2.24) is 5.32 Å². The number of hydrogen-bond acceptors (Lipinski definition) is 4. The van der Waals surface area contributed by atoms with Gasteiger partial charge in [0, 0.05) is 32.1 Å². The highest BCUT2D eigenvalue weighted by Crippen LogP contribution is 2.26. The first-order valence-corrected chi connectivity index (χ1v) is 5.93. The number of benzene rings is 1. The summed E-state index contributed by atoms with van der Waals surface area (Å²) in [5.41, 5.74) is 0.0670. The molecule has 1 heterocycles. The van der Waals surface area contributed by atoms with Crippen LogP contribution in [0.4, 0.5) is 15.8 Å². The number of anilines is 1. The molecule has 19 heavy (non-hydrogen) atoms. The number of hydrogen-bond donors (Lipinski definition) is 1. The van der Waals surface area contributed by atoms with Gasteiger partial charge in [-0.1, -0.05) is 0 Å². The third kappa shape index (κ3) is 2.98. The lowest BCUT2D eigenvalue weighted by atomic mass is 10.2.